The zero-order chi connectivity index (χ0) is 23.0. The van der Waals surface area contributed by atoms with Crippen molar-refractivity contribution in [2.24, 2.45) is 0 Å². The zero-order valence-electron chi connectivity index (χ0n) is 20.1. The minimum absolute atomic E-state index is 0.0126. The van der Waals surface area contributed by atoms with E-state index in [0.717, 1.165) is 82.4 Å². The van der Waals surface area contributed by atoms with Crippen LogP contribution in [0.1, 0.15) is 70.3 Å². The number of likely N-dealkylation sites (tertiary alicyclic amines) is 1. The molecule has 5 nitrogen and oxygen atoms in total. The van der Waals surface area contributed by atoms with Gasteiger partial charge in [0.05, 0.1) is 6.61 Å². The van der Waals surface area contributed by atoms with Gasteiger partial charge in [0.25, 0.3) is 0 Å². The van der Waals surface area contributed by atoms with Crippen LogP contribution in [-0.4, -0.2) is 63.0 Å². The molecule has 1 aliphatic rings. The Balaban J connectivity index is 1.81. The van der Waals surface area contributed by atoms with E-state index in [-0.39, 0.29) is 11.9 Å². The summed E-state index contributed by atoms with van der Waals surface area (Å²) in [7, 11) is 1.73. The fourth-order valence-corrected chi connectivity index (χ4v) is 4.13. The number of nitrogens with one attached hydrogen (secondary N) is 1. The molecule has 1 aliphatic heterocycles. The summed E-state index contributed by atoms with van der Waals surface area (Å²) < 4.78 is 24.5. The van der Waals surface area contributed by atoms with Crippen molar-refractivity contribution < 1.29 is 18.7 Å². The number of ether oxygens (including phenoxy) is 2. The van der Waals surface area contributed by atoms with E-state index in [1.807, 2.05) is 12.1 Å². The Kier molecular flexibility index (Phi) is 13.3. The molecule has 2 rings (SSSR count). The third kappa shape index (κ3) is 11.3. The smallest absolute Gasteiger partial charge is 0.220 e. The van der Waals surface area contributed by atoms with Gasteiger partial charge in [-0.1, -0.05) is 44.7 Å². The summed E-state index contributed by atoms with van der Waals surface area (Å²) in [6, 6.07) is 8.13. The van der Waals surface area contributed by atoms with Crippen LogP contribution in [0.4, 0.5) is 4.39 Å². The molecule has 0 aliphatic carbocycles. The van der Waals surface area contributed by atoms with Crippen molar-refractivity contribution in [3.05, 3.63) is 29.8 Å². The number of benzene rings is 1. The molecule has 0 saturated carbocycles. The summed E-state index contributed by atoms with van der Waals surface area (Å²) in [5, 5.41) is 3.22. The molecule has 1 fully saturated rings. The van der Waals surface area contributed by atoms with Gasteiger partial charge in [-0.05, 0) is 49.8 Å². The van der Waals surface area contributed by atoms with E-state index >= 15 is 0 Å². The van der Waals surface area contributed by atoms with Crippen molar-refractivity contribution in [1.29, 1.82) is 0 Å². The van der Waals surface area contributed by atoms with Crippen LogP contribution in [0.25, 0.3) is 0 Å². The van der Waals surface area contributed by atoms with Crippen molar-refractivity contribution in [1.82, 2.24) is 10.2 Å². The van der Waals surface area contributed by atoms with E-state index in [2.05, 4.69) is 29.3 Å². The number of amides is 1. The third-order valence-electron chi connectivity index (χ3n) is 5.98. The van der Waals surface area contributed by atoms with Gasteiger partial charge in [0.1, 0.15) is 11.9 Å². The highest BCUT2D eigenvalue weighted by molar-refractivity contribution is 5.76. The number of nitrogens with zero attached hydrogens (tertiary/aromatic N) is 1. The first-order valence-electron chi connectivity index (χ1n) is 12.5. The van der Waals surface area contributed by atoms with Crippen LogP contribution in [0.15, 0.2) is 24.3 Å². The Morgan fingerprint density at radius 3 is 2.56 bits per heavy atom. The number of carbonyl (C=O) groups excluding carboxylic acids is 1. The molecule has 1 aromatic rings. The Bertz CT molecular complexity index is 626. The molecule has 1 aromatic carbocycles. The minimum atomic E-state index is -0.746. The standard InChI is InChI=1S/C26H43FN2O3/c1-3-4-18-32-25-13-11-22(12-14-25)19-24(21-29-16-15-23(27)20-29)28-26(30)10-8-6-5-7-9-17-31-2/h11-14,23-24H,3-10,15-21H2,1-2H3,(H,28,30). The summed E-state index contributed by atoms with van der Waals surface area (Å²) in [6.07, 6.45) is 8.65. The zero-order valence-corrected chi connectivity index (χ0v) is 20.1. The lowest BCUT2D eigenvalue weighted by Crippen LogP contribution is -2.44. The van der Waals surface area contributed by atoms with Crippen LogP contribution in [0.5, 0.6) is 5.75 Å². The average Bonchev–Trinajstić information content (AvgIpc) is 3.19. The molecule has 1 N–H and O–H groups in total. The van der Waals surface area contributed by atoms with Crippen LogP contribution < -0.4 is 10.1 Å². The molecule has 1 amide bonds. The highest BCUT2D eigenvalue weighted by Gasteiger charge is 2.25. The maximum atomic E-state index is 13.7. The first kappa shape index (κ1) is 26.6. The fourth-order valence-electron chi connectivity index (χ4n) is 4.13. The number of unbranched alkanes of at least 4 members (excludes halogenated alkanes) is 5. The van der Waals surface area contributed by atoms with E-state index in [1.165, 1.54) is 0 Å². The lowest BCUT2D eigenvalue weighted by atomic mass is 10.0. The second-order valence-corrected chi connectivity index (χ2v) is 8.97. The van der Waals surface area contributed by atoms with Gasteiger partial charge in [0, 0.05) is 45.8 Å². The van der Waals surface area contributed by atoms with Crippen molar-refractivity contribution in [3.8, 4) is 5.75 Å². The van der Waals surface area contributed by atoms with Crippen LogP contribution in [0, 0.1) is 0 Å². The Hall–Kier alpha value is -1.66. The lowest BCUT2D eigenvalue weighted by Gasteiger charge is -2.25. The molecule has 6 heteroatoms. The first-order chi connectivity index (χ1) is 15.6. The van der Waals surface area contributed by atoms with Gasteiger partial charge in [-0.2, -0.15) is 0 Å². The number of hydrogen-bond donors (Lipinski definition) is 1. The topological polar surface area (TPSA) is 50.8 Å². The molecule has 1 heterocycles. The number of hydrogen-bond acceptors (Lipinski definition) is 4. The Labute approximate surface area is 194 Å². The normalized spacial score (nSPS) is 17.4. The van der Waals surface area contributed by atoms with Crippen LogP contribution >= 0.6 is 0 Å². The van der Waals surface area contributed by atoms with E-state index in [4.69, 9.17) is 9.47 Å². The summed E-state index contributed by atoms with van der Waals surface area (Å²) in [5.41, 5.74) is 1.16. The Morgan fingerprint density at radius 2 is 1.88 bits per heavy atom. The van der Waals surface area contributed by atoms with Crippen molar-refractivity contribution in [2.75, 3.05) is 40.0 Å². The SMILES string of the molecule is CCCCOc1ccc(CC(CN2CCC(F)C2)NC(=O)CCCCCCCOC)cc1. The molecule has 1 saturated heterocycles. The highest BCUT2D eigenvalue weighted by Crippen LogP contribution is 2.17. The molecule has 2 atom stereocenters. The molecular formula is C26H43FN2O3. The molecular weight excluding hydrogens is 407 g/mol. The summed E-state index contributed by atoms with van der Waals surface area (Å²) in [5.74, 6) is 0.982. The van der Waals surface area contributed by atoms with Gasteiger partial charge in [0.2, 0.25) is 5.91 Å². The van der Waals surface area contributed by atoms with Crippen molar-refractivity contribution in [3.63, 3.8) is 0 Å². The van der Waals surface area contributed by atoms with Crippen LogP contribution in [0.2, 0.25) is 0 Å². The second-order valence-electron chi connectivity index (χ2n) is 8.97. The predicted molar refractivity (Wildman–Crippen MR) is 128 cm³/mol. The van der Waals surface area contributed by atoms with E-state index in [1.54, 1.807) is 7.11 Å². The van der Waals surface area contributed by atoms with E-state index < -0.39 is 6.17 Å². The van der Waals surface area contributed by atoms with Gasteiger partial charge in [-0.3, -0.25) is 9.69 Å². The second kappa shape index (κ2) is 16.0. The van der Waals surface area contributed by atoms with Gasteiger partial charge < -0.3 is 14.8 Å². The minimum Gasteiger partial charge on any atom is -0.494 e. The number of methoxy groups -OCH3 is 1. The lowest BCUT2D eigenvalue weighted by molar-refractivity contribution is -0.122. The van der Waals surface area contributed by atoms with E-state index in [9.17, 15) is 9.18 Å². The highest BCUT2D eigenvalue weighted by atomic mass is 19.1. The average molecular weight is 451 g/mol. The summed E-state index contributed by atoms with van der Waals surface area (Å²) in [4.78, 5) is 14.7. The van der Waals surface area contributed by atoms with Gasteiger partial charge in [-0.15, -0.1) is 0 Å². The van der Waals surface area contributed by atoms with Gasteiger partial charge in [0.15, 0.2) is 0 Å². The summed E-state index contributed by atoms with van der Waals surface area (Å²) >= 11 is 0. The number of carbonyl (C=O) groups is 1. The van der Waals surface area contributed by atoms with E-state index in [0.29, 0.717) is 25.9 Å². The molecule has 0 aromatic heterocycles. The fraction of sp³-hybridized carbons (Fsp3) is 0.731. The molecule has 0 spiro atoms. The van der Waals surface area contributed by atoms with Crippen LogP contribution in [-0.2, 0) is 16.0 Å². The first-order valence-corrected chi connectivity index (χ1v) is 12.5. The summed E-state index contributed by atoms with van der Waals surface area (Å²) in [6.45, 7) is 5.62. The maximum absolute atomic E-state index is 13.7. The molecule has 182 valence electrons. The van der Waals surface area contributed by atoms with Gasteiger partial charge >= 0.3 is 0 Å². The molecule has 0 bridgehead atoms. The van der Waals surface area contributed by atoms with Crippen molar-refractivity contribution >= 4 is 5.91 Å². The molecule has 0 radical (unpaired) electrons. The quantitative estimate of drug-likeness (QED) is 0.342. The maximum Gasteiger partial charge on any atom is 0.220 e. The third-order valence-corrected chi connectivity index (χ3v) is 5.98. The molecule has 2 unspecified atom stereocenters. The molecule has 32 heavy (non-hydrogen) atoms. The number of halogens is 1. The van der Waals surface area contributed by atoms with Crippen molar-refractivity contribution in [2.45, 2.75) is 83.3 Å². The monoisotopic (exact) mass is 450 g/mol. The largest absolute Gasteiger partial charge is 0.494 e. The number of rotatable bonds is 17. The predicted octanol–water partition coefficient (Wildman–Crippen LogP) is 4.92. The number of alkyl halides is 1. The Morgan fingerprint density at radius 1 is 1.12 bits per heavy atom. The van der Waals surface area contributed by atoms with Gasteiger partial charge in [-0.25, -0.2) is 4.39 Å². The van der Waals surface area contributed by atoms with Crippen LogP contribution in [0.3, 0.4) is 0 Å².